The standard InChI is InChI=1S/C36H35F8N5O8/c1-48-34(9-2-3-10-34)31(52)28(32(53)47-23-6-5-21(35(39,40)41)16-22(23)24-17-26(36(42,43)44)46-19-45-24)33(54)49(48)18-20-4-7-25(30(38)29(20)37)57-15-14-56-13-12-55-11-8-27(50)51/h4-7,16-17,19,52H,2-3,8-15,18H2,1H3,(H,47,53)(H,50,51). The van der Waals surface area contributed by atoms with Crippen LogP contribution in [0.5, 0.6) is 5.75 Å². The van der Waals surface area contributed by atoms with Gasteiger partial charge in [-0.25, -0.2) is 19.4 Å². The number of halogens is 8. The van der Waals surface area contributed by atoms with E-state index in [0.29, 0.717) is 37.4 Å². The SMILES string of the molecule is CN1N(Cc2ccc(OCCOCCOCCC(=O)O)c(F)c2F)C(=O)C(C(=O)Nc2ccc(C(F)(F)F)cc2-c2cc(C(F)(F)F)ncn2)=C(O)C12CCCC2. The molecule has 2 amide bonds. The van der Waals surface area contributed by atoms with Crippen molar-refractivity contribution in [3.63, 3.8) is 0 Å². The number of aliphatic hydroxyl groups excluding tert-OH is 1. The fraction of sp³-hybridized carbons (Fsp3) is 0.417. The maximum Gasteiger partial charge on any atom is 0.433 e. The molecule has 3 N–H and O–H groups in total. The van der Waals surface area contributed by atoms with E-state index >= 15 is 8.78 Å². The van der Waals surface area contributed by atoms with Crippen LogP contribution in [0.4, 0.5) is 40.8 Å². The van der Waals surface area contributed by atoms with Crippen molar-refractivity contribution >= 4 is 23.5 Å². The summed E-state index contributed by atoms with van der Waals surface area (Å²) in [6.07, 6.45) is -8.25. The third kappa shape index (κ3) is 9.59. The van der Waals surface area contributed by atoms with Gasteiger partial charge in [0.15, 0.2) is 11.6 Å². The Hall–Kier alpha value is -5.41. The molecule has 0 atom stereocenters. The summed E-state index contributed by atoms with van der Waals surface area (Å²) in [5.41, 5.74) is -7.20. The van der Waals surface area contributed by atoms with Gasteiger partial charge < -0.3 is 29.7 Å². The van der Waals surface area contributed by atoms with Crippen molar-refractivity contribution in [1.82, 2.24) is 20.0 Å². The number of carbonyl (C=O) groups is 3. The zero-order valence-electron chi connectivity index (χ0n) is 30.0. The highest BCUT2D eigenvalue weighted by Crippen LogP contribution is 2.45. The van der Waals surface area contributed by atoms with E-state index < -0.39 is 99.1 Å². The molecule has 1 aromatic heterocycles. The molecular formula is C36H35F8N5O8. The first kappa shape index (κ1) is 42.7. The van der Waals surface area contributed by atoms with Crippen LogP contribution in [0.15, 0.2) is 54.1 Å². The highest BCUT2D eigenvalue weighted by atomic mass is 19.4. The van der Waals surface area contributed by atoms with Crippen molar-refractivity contribution in [2.24, 2.45) is 0 Å². The van der Waals surface area contributed by atoms with E-state index in [1.54, 1.807) is 0 Å². The van der Waals surface area contributed by atoms with E-state index in [9.17, 15) is 45.8 Å². The average Bonchev–Trinajstić information content (AvgIpc) is 3.65. The fourth-order valence-corrected chi connectivity index (χ4v) is 6.43. The highest BCUT2D eigenvalue weighted by molar-refractivity contribution is 6.24. The molecule has 57 heavy (non-hydrogen) atoms. The molecule has 0 unspecified atom stereocenters. The number of anilines is 1. The van der Waals surface area contributed by atoms with Crippen LogP contribution < -0.4 is 10.1 Å². The summed E-state index contributed by atoms with van der Waals surface area (Å²) in [6.45, 7) is -0.756. The summed E-state index contributed by atoms with van der Waals surface area (Å²) in [7, 11) is 1.40. The van der Waals surface area contributed by atoms with E-state index in [1.165, 1.54) is 12.1 Å². The normalized spacial score (nSPS) is 16.1. The number of hydrogen-bond acceptors (Lipinski definition) is 10. The molecule has 2 aromatic carbocycles. The quantitative estimate of drug-likeness (QED) is 0.0897. The van der Waals surface area contributed by atoms with Gasteiger partial charge in [0.05, 0.1) is 61.9 Å². The molecule has 1 aliphatic carbocycles. The van der Waals surface area contributed by atoms with E-state index in [-0.39, 0.29) is 57.9 Å². The van der Waals surface area contributed by atoms with Crippen LogP contribution in [0.3, 0.4) is 0 Å². The molecular weight excluding hydrogens is 782 g/mol. The minimum atomic E-state index is -5.01. The number of carbonyl (C=O) groups excluding carboxylic acids is 2. The number of aliphatic carboxylic acids is 1. The summed E-state index contributed by atoms with van der Waals surface area (Å²) >= 11 is 0. The zero-order chi connectivity index (χ0) is 41.7. The lowest BCUT2D eigenvalue weighted by Crippen LogP contribution is -2.62. The lowest BCUT2D eigenvalue weighted by atomic mass is 9.88. The third-order valence-corrected chi connectivity index (χ3v) is 9.36. The van der Waals surface area contributed by atoms with Gasteiger partial charge in [-0.3, -0.25) is 19.4 Å². The number of rotatable bonds is 15. The lowest BCUT2D eigenvalue weighted by molar-refractivity contribution is -0.163. The molecule has 2 aliphatic rings. The van der Waals surface area contributed by atoms with Gasteiger partial charge in [-0.1, -0.05) is 18.9 Å². The van der Waals surface area contributed by atoms with E-state index in [2.05, 4.69) is 15.3 Å². The number of hydrazine groups is 1. The zero-order valence-corrected chi connectivity index (χ0v) is 30.0. The van der Waals surface area contributed by atoms with Crippen molar-refractivity contribution in [3.05, 3.63) is 82.5 Å². The number of likely N-dealkylation sites (N-methyl/N-ethyl adjacent to an activating group) is 1. The Labute approximate surface area is 318 Å². The minimum Gasteiger partial charge on any atom is -0.509 e. The number of benzene rings is 2. The molecule has 13 nitrogen and oxygen atoms in total. The largest absolute Gasteiger partial charge is 0.509 e. The second-order valence-corrected chi connectivity index (χ2v) is 12.9. The molecule has 1 saturated carbocycles. The number of aliphatic hydroxyl groups is 1. The van der Waals surface area contributed by atoms with Crippen molar-refractivity contribution < 1.29 is 73.9 Å². The Kier molecular flexibility index (Phi) is 13.0. The summed E-state index contributed by atoms with van der Waals surface area (Å²) in [5.74, 6) is -7.56. The Morgan fingerprint density at radius 1 is 0.895 bits per heavy atom. The number of carboxylic acids is 1. The summed E-state index contributed by atoms with van der Waals surface area (Å²) in [5, 5.41) is 24.6. The minimum absolute atomic E-state index is 0.0100. The van der Waals surface area contributed by atoms with Crippen LogP contribution in [0.1, 0.15) is 48.9 Å². The molecule has 3 aromatic rings. The van der Waals surface area contributed by atoms with Gasteiger partial charge in [0, 0.05) is 18.2 Å². The number of nitrogens with one attached hydrogen (secondary N) is 1. The number of amides is 2. The monoisotopic (exact) mass is 817 g/mol. The van der Waals surface area contributed by atoms with E-state index in [0.717, 1.165) is 23.2 Å². The number of aromatic nitrogens is 2. The summed E-state index contributed by atoms with van der Waals surface area (Å²) in [6, 6.07) is 4.36. The summed E-state index contributed by atoms with van der Waals surface area (Å²) < 4.78 is 128. The second kappa shape index (κ2) is 17.4. The molecule has 0 radical (unpaired) electrons. The molecule has 308 valence electrons. The van der Waals surface area contributed by atoms with Crippen molar-refractivity contribution in [1.29, 1.82) is 0 Å². The predicted molar refractivity (Wildman–Crippen MR) is 181 cm³/mol. The number of hydrogen-bond donors (Lipinski definition) is 3. The first-order valence-electron chi connectivity index (χ1n) is 17.2. The second-order valence-electron chi connectivity index (χ2n) is 12.9. The molecule has 5 rings (SSSR count). The van der Waals surface area contributed by atoms with Crippen LogP contribution in [-0.2, 0) is 42.8 Å². The molecule has 1 aliphatic heterocycles. The van der Waals surface area contributed by atoms with Gasteiger partial charge in [0.2, 0.25) is 5.82 Å². The van der Waals surface area contributed by atoms with Crippen LogP contribution in [0, 0.1) is 11.6 Å². The van der Waals surface area contributed by atoms with Crippen molar-refractivity contribution in [2.45, 2.75) is 56.5 Å². The molecule has 2 heterocycles. The van der Waals surface area contributed by atoms with Gasteiger partial charge in [-0.2, -0.15) is 30.7 Å². The molecule has 1 fully saturated rings. The van der Waals surface area contributed by atoms with Crippen LogP contribution in [-0.4, -0.2) is 93.6 Å². The van der Waals surface area contributed by atoms with Crippen LogP contribution in [0.2, 0.25) is 0 Å². The number of nitrogens with zero attached hydrogens (tertiary/aromatic N) is 4. The molecule has 1 spiro atoms. The van der Waals surface area contributed by atoms with E-state index in [1.807, 2.05) is 0 Å². The van der Waals surface area contributed by atoms with Gasteiger partial charge >= 0.3 is 18.3 Å². The maximum atomic E-state index is 15.5. The average molecular weight is 818 g/mol. The first-order chi connectivity index (χ1) is 26.8. The van der Waals surface area contributed by atoms with Crippen LogP contribution in [0.25, 0.3) is 11.3 Å². The number of carboxylic acid groups (broad SMARTS) is 1. The van der Waals surface area contributed by atoms with Crippen molar-refractivity contribution in [3.8, 4) is 17.0 Å². The Bertz CT molecular complexity index is 2020. The fourth-order valence-electron chi connectivity index (χ4n) is 6.43. The van der Waals surface area contributed by atoms with Crippen molar-refractivity contribution in [2.75, 3.05) is 45.4 Å². The number of ether oxygens (including phenoxy) is 3. The predicted octanol–water partition coefficient (Wildman–Crippen LogP) is 6.30. The first-order valence-corrected chi connectivity index (χ1v) is 17.2. The molecule has 0 saturated heterocycles. The lowest BCUT2D eigenvalue weighted by Gasteiger charge is -2.48. The van der Waals surface area contributed by atoms with E-state index in [4.69, 9.17) is 19.3 Å². The van der Waals surface area contributed by atoms with Gasteiger partial charge in [-0.15, -0.1) is 0 Å². The summed E-state index contributed by atoms with van der Waals surface area (Å²) in [4.78, 5) is 45.2. The molecule has 21 heteroatoms. The van der Waals surface area contributed by atoms with Gasteiger partial charge in [0.1, 0.15) is 30.0 Å². The molecule has 0 bridgehead atoms. The Morgan fingerprint density at radius 2 is 1.56 bits per heavy atom. The Balaban J connectivity index is 1.38. The topological polar surface area (TPSA) is 164 Å². The Morgan fingerprint density at radius 3 is 2.21 bits per heavy atom. The maximum absolute atomic E-state index is 15.5. The third-order valence-electron chi connectivity index (χ3n) is 9.36. The smallest absolute Gasteiger partial charge is 0.433 e. The highest BCUT2D eigenvalue weighted by Gasteiger charge is 2.53. The van der Waals surface area contributed by atoms with Gasteiger partial charge in [0.25, 0.3) is 11.8 Å². The van der Waals surface area contributed by atoms with Crippen LogP contribution >= 0.6 is 0 Å². The van der Waals surface area contributed by atoms with Gasteiger partial charge in [-0.05, 0) is 43.2 Å². The number of alkyl halides is 6.